The molecule has 1 N–H and O–H groups in total. The zero-order valence-electron chi connectivity index (χ0n) is 16.6. The molecule has 2 aromatic carbocycles. The number of rotatable bonds is 7. The van der Waals surface area contributed by atoms with Crippen molar-refractivity contribution in [3.05, 3.63) is 59.2 Å². The second-order valence-electron chi connectivity index (χ2n) is 6.43. The molecule has 0 aliphatic rings. The van der Waals surface area contributed by atoms with E-state index in [1.807, 2.05) is 37.3 Å². The first kappa shape index (κ1) is 20.3. The first-order chi connectivity index (χ1) is 14.4. The summed E-state index contributed by atoms with van der Waals surface area (Å²) in [5.41, 5.74) is 2.24. The van der Waals surface area contributed by atoms with E-state index in [0.717, 1.165) is 10.6 Å². The summed E-state index contributed by atoms with van der Waals surface area (Å²) in [4.78, 5) is 5.39. The van der Waals surface area contributed by atoms with Crippen LogP contribution in [0.1, 0.15) is 10.7 Å². The summed E-state index contributed by atoms with van der Waals surface area (Å²) in [7, 11) is -0.992. The normalized spacial score (nSPS) is 11.7. The molecular weight excluding hydrogens is 424 g/mol. The van der Waals surface area contributed by atoms with Crippen molar-refractivity contribution in [2.75, 3.05) is 14.2 Å². The van der Waals surface area contributed by atoms with Gasteiger partial charge in [-0.2, -0.15) is 5.10 Å². The largest absolute Gasteiger partial charge is 0.497 e. The minimum absolute atomic E-state index is 0.000767. The van der Waals surface area contributed by atoms with Crippen LogP contribution < -0.4 is 14.2 Å². The van der Waals surface area contributed by atoms with Crippen molar-refractivity contribution in [1.82, 2.24) is 19.3 Å². The number of benzene rings is 2. The summed E-state index contributed by atoms with van der Waals surface area (Å²) in [6.45, 7) is 1.90. The molecule has 0 saturated carbocycles. The Balaban J connectivity index is 1.73. The highest BCUT2D eigenvalue weighted by atomic mass is 32.2. The van der Waals surface area contributed by atoms with Crippen LogP contribution in [-0.2, 0) is 16.6 Å². The van der Waals surface area contributed by atoms with E-state index in [0.29, 0.717) is 22.1 Å². The van der Waals surface area contributed by atoms with Crippen molar-refractivity contribution in [2.45, 2.75) is 18.4 Å². The lowest BCUT2D eigenvalue weighted by Crippen LogP contribution is -2.25. The molecule has 156 valence electrons. The van der Waals surface area contributed by atoms with Crippen LogP contribution in [-0.4, -0.2) is 37.2 Å². The van der Waals surface area contributed by atoms with Crippen LogP contribution in [0.2, 0.25) is 0 Å². The molecule has 0 fully saturated rings. The van der Waals surface area contributed by atoms with E-state index in [1.54, 1.807) is 16.6 Å². The van der Waals surface area contributed by atoms with Crippen molar-refractivity contribution in [3.63, 3.8) is 0 Å². The molecule has 0 atom stereocenters. The van der Waals surface area contributed by atoms with Gasteiger partial charge in [0.15, 0.2) is 0 Å². The fraction of sp³-hybridized carbons (Fsp3) is 0.200. The molecule has 0 bridgehead atoms. The molecule has 0 spiro atoms. The number of ether oxygens (including phenoxy) is 2. The van der Waals surface area contributed by atoms with Gasteiger partial charge in [0.05, 0.1) is 32.2 Å². The molecule has 0 aliphatic heterocycles. The van der Waals surface area contributed by atoms with Crippen LogP contribution >= 0.6 is 11.3 Å². The predicted octanol–water partition coefficient (Wildman–Crippen LogP) is 3.26. The Morgan fingerprint density at radius 3 is 2.57 bits per heavy atom. The maximum Gasteiger partial charge on any atom is 0.244 e. The van der Waals surface area contributed by atoms with Gasteiger partial charge >= 0.3 is 0 Å². The van der Waals surface area contributed by atoms with Gasteiger partial charge in [-0.3, -0.25) is 0 Å². The van der Waals surface area contributed by atoms with Gasteiger partial charge in [0.25, 0.3) is 0 Å². The highest BCUT2D eigenvalue weighted by Gasteiger charge is 2.23. The van der Waals surface area contributed by atoms with Crippen molar-refractivity contribution in [3.8, 4) is 22.8 Å². The van der Waals surface area contributed by atoms with Crippen molar-refractivity contribution >= 4 is 26.3 Å². The van der Waals surface area contributed by atoms with Gasteiger partial charge in [-0.1, -0.05) is 41.7 Å². The third-order valence-corrected chi connectivity index (χ3v) is 6.78. The minimum Gasteiger partial charge on any atom is -0.497 e. The van der Waals surface area contributed by atoms with Gasteiger partial charge in [-0.15, -0.1) is 0 Å². The molecule has 0 amide bonds. The summed E-state index contributed by atoms with van der Waals surface area (Å²) in [5.74, 6) is 0.650. The molecule has 0 aliphatic carbocycles. The number of imidazole rings is 1. The van der Waals surface area contributed by atoms with Crippen molar-refractivity contribution in [1.29, 1.82) is 0 Å². The number of fused-ring (bicyclic) bond motifs is 1. The third-order valence-electron chi connectivity index (χ3n) is 4.53. The molecule has 30 heavy (non-hydrogen) atoms. The number of nitrogens with one attached hydrogen (secondary N) is 1. The Bertz CT molecular complexity index is 1300. The highest BCUT2D eigenvalue weighted by molar-refractivity contribution is 7.89. The first-order valence-electron chi connectivity index (χ1n) is 9.05. The van der Waals surface area contributed by atoms with Crippen LogP contribution in [0.15, 0.2) is 53.4 Å². The second kappa shape index (κ2) is 8.05. The molecule has 10 heteroatoms. The van der Waals surface area contributed by atoms with E-state index < -0.39 is 10.0 Å². The summed E-state index contributed by atoms with van der Waals surface area (Å²) in [6.07, 6.45) is 0. The average molecular weight is 445 g/mol. The Morgan fingerprint density at radius 1 is 1.10 bits per heavy atom. The van der Waals surface area contributed by atoms with E-state index in [-0.39, 0.29) is 17.2 Å². The lowest BCUT2D eigenvalue weighted by atomic mass is 10.1. The number of aromatic nitrogens is 3. The monoisotopic (exact) mass is 444 g/mol. The number of methoxy groups -OCH3 is 2. The molecule has 4 aromatic rings. The highest BCUT2D eigenvalue weighted by Crippen LogP contribution is 2.30. The van der Waals surface area contributed by atoms with Crippen LogP contribution in [0, 0.1) is 6.92 Å². The number of hydrogen-bond acceptors (Lipinski definition) is 7. The molecule has 8 nitrogen and oxygen atoms in total. The molecule has 2 aromatic heterocycles. The van der Waals surface area contributed by atoms with Gasteiger partial charge in [0.2, 0.25) is 15.0 Å². The van der Waals surface area contributed by atoms with Gasteiger partial charge in [0.1, 0.15) is 21.4 Å². The Hall–Kier alpha value is -2.95. The van der Waals surface area contributed by atoms with E-state index in [2.05, 4.69) is 14.8 Å². The molecule has 0 unspecified atom stereocenters. The Labute approximate surface area is 178 Å². The fourth-order valence-corrected chi connectivity index (χ4v) is 5.04. The summed E-state index contributed by atoms with van der Waals surface area (Å²) in [5, 5.41) is 5.33. The number of nitrogens with zero attached hydrogens (tertiary/aromatic N) is 3. The zero-order chi connectivity index (χ0) is 21.3. The summed E-state index contributed by atoms with van der Waals surface area (Å²) >= 11 is 1.45. The Kier molecular flexibility index (Phi) is 5.46. The topological polar surface area (TPSA) is 94.8 Å². The lowest BCUT2D eigenvalue weighted by molar-refractivity contribution is 0.392. The molecule has 4 rings (SSSR count). The maximum absolute atomic E-state index is 13.1. The molecular formula is C20H20N4O4S2. The van der Waals surface area contributed by atoms with Crippen LogP contribution in [0.5, 0.6) is 11.5 Å². The summed E-state index contributed by atoms with van der Waals surface area (Å²) in [6, 6.07) is 14.2. The van der Waals surface area contributed by atoms with Crippen molar-refractivity contribution in [2.24, 2.45) is 0 Å². The maximum atomic E-state index is 13.1. The van der Waals surface area contributed by atoms with E-state index in [9.17, 15) is 8.42 Å². The van der Waals surface area contributed by atoms with Gasteiger partial charge in [-0.05, 0) is 19.1 Å². The average Bonchev–Trinajstić information content (AvgIpc) is 3.28. The number of sulfonamides is 1. The van der Waals surface area contributed by atoms with Gasteiger partial charge in [-0.25, -0.2) is 22.6 Å². The fourth-order valence-electron chi connectivity index (χ4n) is 3.11. The first-order valence-corrected chi connectivity index (χ1v) is 11.3. The van der Waals surface area contributed by atoms with E-state index in [1.165, 1.54) is 31.6 Å². The smallest absolute Gasteiger partial charge is 0.244 e. The SMILES string of the molecule is COc1ccc(OC)c(S(=O)(=O)NCc2c(-c3ccccc3)nc3sc(C)nn23)c1. The van der Waals surface area contributed by atoms with Gasteiger partial charge in [0, 0.05) is 11.6 Å². The van der Waals surface area contributed by atoms with E-state index >= 15 is 0 Å². The van der Waals surface area contributed by atoms with Crippen molar-refractivity contribution < 1.29 is 17.9 Å². The quantitative estimate of drug-likeness (QED) is 0.470. The van der Waals surface area contributed by atoms with Crippen LogP contribution in [0.4, 0.5) is 0 Å². The minimum atomic E-state index is -3.89. The number of aryl methyl sites for hydroxylation is 1. The molecule has 2 heterocycles. The number of hydrogen-bond donors (Lipinski definition) is 1. The zero-order valence-corrected chi connectivity index (χ0v) is 18.3. The lowest BCUT2D eigenvalue weighted by Gasteiger charge is -2.12. The van der Waals surface area contributed by atoms with Crippen LogP contribution in [0.3, 0.4) is 0 Å². The summed E-state index contributed by atoms with van der Waals surface area (Å²) < 4.78 is 40.9. The molecule has 0 radical (unpaired) electrons. The standard InChI is InChI=1S/C20H20N4O4S2/c1-13-23-24-16(19(22-20(24)29-13)14-7-5-4-6-8-14)12-21-30(25,26)18-11-15(27-2)9-10-17(18)28-3/h4-11,21H,12H2,1-3H3. The Morgan fingerprint density at radius 2 is 1.87 bits per heavy atom. The van der Waals surface area contributed by atoms with Gasteiger partial charge < -0.3 is 9.47 Å². The van der Waals surface area contributed by atoms with Crippen LogP contribution in [0.25, 0.3) is 16.2 Å². The predicted molar refractivity (Wildman–Crippen MR) is 115 cm³/mol. The second-order valence-corrected chi connectivity index (χ2v) is 9.33. The molecule has 0 saturated heterocycles. The third kappa shape index (κ3) is 3.76. The van der Waals surface area contributed by atoms with E-state index in [4.69, 9.17) is 9.47 Å².